The van der Waals surface area contributed by atoms with Crippen LogP contribution in [-0.2, 0) is 14.3 Å². The van der Waals surface area contributed by atoms with E-state index in [1.165, 1.54) is 4.90 Å². The summed E-state index contributed by atoms with van der Waals surface area (Å²) < 4.78 is 5.60. The van der Waals surface area contributed by atoms with E-state index in [1.807, 2.05) is 24.3 Å². The lowest BCUT2D eigenvalue weighted by Gasteiger charge is -2.36. The van der Waals surface area contributed by atoms with Crippen molar-refractivity contribution in [2.75, 3.05) is 13.2 Å². The molecule has 7 heteroatoms. The van der Waals surface area contributed by atoms with Crippen molar-refractivity contribution < 1.29 is 24.2 Å². The fourth-order valence-electron chi connectivity index (χ4n) is 5.78. The molecule has 2 aromatic rings. The first-order valence-electron chi connectivity index (χ1n) is 12.0. The quantitative estimate of drug-likeness (QED) is 0.676. The number of nitrogens with one attached hydrogen (secondary N) is 1. The molecule has 1 saturated heterocycles. The van der Waals surface area contributed by atoms with Crippen molar-refractivity contribution in [2.24, 2.45) is 11.8 Å². The number of hydrogen-bond donors (Lipinski definition) is 2. The maximum absolute atomic E-state index is 13.2. The van der Waals surface area contributed by atoms with Crippen molar-refractivity contribution in [1.29, 1.82) is 0 Å². The van der Waals surface area contributed by atoms with Crippen molar-refractivity contribution in [1.82, 2.24) is 10.2 Å². The third-order valence-corrected chi connectivity index (χ3v) is 7.95. The van der Waals surface area contributed by atoms with Crippen LogP contribution in [0.15, 0.2) is 48.5 Å². The summed E-state index contributed by atoms with van der Waals surface area (Å²) >= 11 is 0. The molecule has 178 valence electrons. The van der Waals surface area contributed by atoms with Crippen LogP contribution in [0, 0.1) is 11.8 Å². The van der Waals surface area contributed by atoms with Crippen LogP contribution in [0.2, 0.25) is 0 Å². The van der Waals surface area contributed by atoms with Gasteiger partial charge in [0.15, 0.2) is 0 Å². The van der Waals surface area contributed by atoms with Gasteiger partial charge in [-0.25, -0.2) is 9.59 Å². The Morgan fingerprint density at radius 1 is 1.09 bits per heavy atom. The van der Waals surface area contributed by atoms with Crippen LogP contribution in [-0.4, -0.2) is 52.7 Å². The monoisotopic (exact) mass is 462 g/mol. The molecular formula is C27H30N2O5. The van der Waals surface area contributed by atoms with E-state index in [9.17, 15) is 19.5 Å². The molecular weight excluding hydrogens is 432 g/mol. The van der Waals surface area contributed by atoms with Gasteiger partial charge < -0.3 is 20.1 Å². The summed E-state index contributed by atoms with van der Waals surface area (Å²) in [5.74, 6) is -1.70. The number of amides is 2. The first kappa shape index (κ1) is 22.4. The highest BCUT2D eigenvalue weighted by atomic mass is 16.5. The van der Waals surface area contributed by atoms with Gasteiger partial charge in [-0.3, -0.25) is 4.79 Å². The second-order valence-corrected chi connectivity index (χ2v) is 9.81. The standard InChI is InChI=1S/C27H30N2O5/c1-16(24(30)29-13-7-8-18-14-27(18,29)25(31)32)17(2)28-26(33)34-15-23-21-11-5-3-9-19(21)20-10-4-6-12-22(20)23/h3-6,9-12,16-18,23H,7-8,13-15H2,1-2H3,(H,28,33)(H,31,32). The molecule has 34 heavy (non-hydrogen) atoms. The number of hydrogen-bond acceptors (Lipinski definition) is 4. The third-order valence-electron chi connectivity index (χ3n) is 7.95. The summed E-state index contributed by atoms with van der Waals surface area (Å²) in [6, 6.07) is 15.8. The molecule has 4 atom stereocenters. The second kappa shape index (κ2) is 8.46. The van der Waals surface area contributed by atoms with E-state index >= 15 is 0 Å². The van der Waals surface area contributed by atoms with E-state index in [0.29, 0.717) is 13.0 Å². The van der Waals surface area contributed by atoms with Crippen LogP contribution in [0.3, 0.4) is 0 Å². The van der Waals surface area contributed by atoms with Gasteiger partial charge in [-0.2, -0.15) is 0 Å². The molecule has 2 fully saturated rings. The van der Waals surface area contributed by atoms with E-state index in [1.54, 1.807) is 13.8 Å². The highest BCUT2D eigenvalue weighted by Gasteiger charge is 2.67. The number of likely N-dealkylation sites (tertiary alicyclic amines) is 1. The van der Waals surface area contributed by atoms with Crippen LogP contribution in [0.1, 0.15) is 50.2 Å². The lowest BCUT2D eigenvalue weighted by atomic mass is 9.96. The number of fused-ring (bicyclic) bond motifs is 4. The van der Waals surface area contributed by atoms with Crippen molar-refractivity contribution in [3.05, 3.63) is 59.7 Å². The Balaban J connectivity index is 1.21. The Morgan fingerprint density at radius 2 is 1.71 bits per heavy atom. The molecule has 4 unspecified atom stereocenters. The Hall–Kier alpha value is -3.35. The molecule has 1 aliphatic heterocycles. The van der Waals surface area contributed by atoms with E-state index < -0.39 is 29.6 Å². The van der Waals surface area contributed by atoms with Crippen LogP contribution in [0.5, 0.6) is 0 Å². The number of alkyl carbamates (subject to hydrolysis) is 1. The summed E-state index contributed by atoms with van der Waals surface area (Å²) in [6.45, 7) is 4.14. The fourth-order valence-corrected chi connectivity index (χ4v) is 5.78. The maximum Gasteiger partial charge on any atom is 0.407 e. The predicted molar refractivity (Wildman–Crippen MR) is 126 cm³/mol. The number of piperidine rings is 1. The molecule has 0 radical (unpaired) electrons. The molecule has 0 aromatic heterocycles. The molecule has 5 rings (SSSR count). The normalized spacial score (nSPS) is 24.3. The molecule has 0 bridgehead atoms. The summed E-state index contributed by atoms with van der Waals surface area (Å²) in [6.07, 6.45) is 1.60. The van der Waals surface area contributed by atoms with Crippen molar-refractivity contribution in [3.8, 4) is 11.1 Å². The molecule has 2 aromatic carbocycles. The topological polar surface area (TPSA) is 95.9 Å². The molecule has 1 heterocycles. The van der Waals surface area contributed by atoms with Crippen LogP contribution < -0.4 is 5.32 Å². The third kappa shape index (κ3) is 3.54. The largest absolute Gasteiger partial charge is 0.479 e. The zero-order valence-corrected chi connectivity index (χ0v) is 19.5. The minimum atomic E-state index is -1.05. The number of rotatable bonds is 6. The van der Waals surface area contributed by atoms with E-state index in [0.717, 1.165) is 35.1 Å². The van der Waals surface area contributed by atoms with E-state index in [4.69, 9.17) is 4.74 Å². The maximum atomic E-state index is 13.2. The minimum Gasteiger partial charge on any atom is -0.479 e. The number of ether oxygens (including phenoxy) is 1. The highest BCUT2D eigenvalue weighted by molar-refractivity contribution is 5.92. The predicted octanol–water partition coefficient (Wildman–Crippen LogP) is 4.02. The second-order valence-electron chi connectivity index (χ2n) is 9.81. The lowest BCUT2D eigenvalue weighted by Crippen LogP contribution is -2.55. The molecule has 7 nitrogen and oxygen atoms in total. The van der Waals surface area contributed by atoms with Crippen LogP contribution in [0.25, 0.3) is 11.1 Å². The van der Waals surface area contributed by atoms with E-state index in [-0.39, 0.29) is 24.3 Å². The highest BCUT2D eigenvalue weighted by Crippen LogP contribution is 2.54. The van der Waals surface area contributed by atoms with Gasteiger partial charge in [-0.15, -0.1) is 0 Å². The zero-order chi connectivity index (χ0) is 24.0. The van der Waals surface area contributed by atoms with Gasteiger partial charge in [0.1, 0.15) is 12.1 Å². The summed E-state index contributed by atoms with van der Waals surface area (Å²) in [4.78, 5) is 39.2. The fraction of sp³-hybridized carbons (Fsp3) is 0.444. The molecule has 2 aliphatic carbocycles. The number of carboxylic acid groups (broad SMARTS) is 1. The summed E-state index contributed by atoms with van der Waals surface area (Å²) in [5, 5.41) is 12.5. The van der Waals surface area contributed by atoms with Gasteiger partial charge in [-0.05, 0) is 54.4 Å². The van der Waals surface area contributed by atoms with Gasteiger partial charge in [-0.1, -0.05) is 55.5 Å². The molecule has 0 spiro atoms. The lowest BCUT2D eigenvalue weighted by molar-refractivity contribution is -0.156. The number of carboxylic acids is 1. The van der Waals surface area contributed by atoms with Gasteiger partial charge in [0.2, 0.25) is 5.91 Å². The SMILES string of the molecule is CC(NC(=O)OCC1c2ccccc2-c2ccccc21)C(C)C(=O)N1CCCC2CC21C(=O)O. The smallest absolute Gasteiger partial charge is 0.407 e. The number of carbonyl (C=O) groups is 3. The molecule has 2 amide bonds. The average Bonchev–Trinajstić information content (AvgIpc) is 3.53. The minimum absolute atomic E-state index is 0.0388. The Labute approximate surface area is 199 Å². The van der Waals surface area contributed by atoms with Crippen molar-refractivity contribution >= 4 is 18.0 Å². The zero-order valence-electron chi connectivity index (χ0n) is 19.5. The van der Waals surface area contributed by atoms with Gasteiger partial charge in [0.05, 0.1) is 5.92 Å². The van der Waals surface area contributed by atoms with Crippen molar-refractivity contribution in [2.45, 2.75) is 50.6 Å². The van der Waals surface area contributed by atoms with Crippen LogP contribution >= 0.6 is 0 Å². The number of benzene rings is 2. The van der Waals surface area contributed by atoms with Crippen molar-refractivity contribution in [3.63, 3.8) is 0 Å². The first-order valence-corrected chi connectivity index (χ1v) is 12.0. The van der Waals surface area contributed by atoms with Gasteiger partial charge in [0.25, 0.3) is 0 Å². The summed E-state index contributed by atoms with van der Waals surface area (Å²) in [7, 11) is 0. The summed E-state index contributed by atoms with van der Waals surface area (Å²) in [5.41, 5.74) is 3.54. The molecule has 3 aliphatic rings. The number of nitrogens with zero attached hydrogens (tertiary/aromatic N) is 1. The van der Waals surface area contributed by atoms with E-state index in [2.05, 4.69) is 29.6 Å². The van der Waals surface area contributed by atoms with Crippen LogP contribution in [0.4, 0.5) is 4.79 Å². The Morgan fingerprint density at radius 3 is 2.32 bits per heavy atom. The van der Waals surface area contributed by atoms with Gasteiger partial charge >= 0.3 is 12.1 Å². The molecule has 1 saturated carbocycles. The number of carbonyl (C=O) groups excluding carboxylic acids is 2. The van der Waals surface area contributed by atoms with Gasteiger partial charge in [0, 0.05) is 18.5 Å². The Bertz CT molecular complexity index is 1100. The Kier molecular flexibility index (Phi) is 5.58. The molecule has 2 N–H and O–H groups in total. The first-order chi connectivity index (χ1) is 16.3. The number of aliphatic carboxylic acids is 1. The average molecular weight is 463 g/mol.